The number of thiazole rings is 1. The number of para-hydroxylation sites is 1. The van der Waals surface area contributed by atoms with Crippen LogP contribution in [0.1, 0.15) is 21.9 Å². The van der Waals surface area contributed by atoms with Crippen molar-refractivity contribution < 1.29 is 4.79 Å². The van der Waals surface area contributed by atoms with E-state index in [1.54, 1.807) is 9.08 Å². The number of rotatable bonds is 3. The van der Waals surface area contributed by atoms with Crippen LogP contribution in [-0.2, 0) is 0 Å². The summed E-state index contributed by atoms with van der Waals surface area (Å²) in [5, 5.41) is 8.21. The monoisotopic (exact) mass is 388 g/mol. The van der Waals surface area contributed by atoms with Crippen LogP contribution in [0.5, 0.6) is 0 Å². The van der Waals surface area contributed by atoms with Gasteiger partial charge < -0.3 is 5.32 Å². The number of benzene rings is 1. The number of carbonyl (C=O) groups excluding carboxylic acids is 1. The molecular formula is C20H16N6OS. The molecular weight excluding hydrogens is 372 g/mol. The summed E-state index contributed by atoms with van der Waals surface area (Å²) < 4.78 is 4.53. The molecule has 0 aliphatic rings. The molecule has 0 spiro atoms. The summed E-state index contributed by atoms with van der Waals surface area (Å²) >= 11 is 1.53. The number of nitrogens with zero attached hydrogens (tertiary/aromatic N) is 5. The van der Waals surface area contributed by atoms with Crippen LogP contribution in [0.3, 0.4) is 0 Å². The predicted octanol–water partition coefficient (Wildman–Crippen LogP) is 4.00. The van der Waals surface area contributed by atoms with Crippen LogP contribution in [0.15, 0.2) is 54.7 Å². The normalized spacial score (nSPS) is 11.4. The van der Waals surface area contributed by atoms with Crippen molar-refractivity contribution in [2.24, 2.45) is 0 Å². The molecule has 0 bridgehead atoms. The lowest BCUT2D eigenvalue weighted by molar-refractivity contribution is 0.102. The third kappa shape index (κ3) is 2.66. The average molecular weight is 388 g/mol. The SMILES string of the molecule is Cc1cc(NC(=O)c2c(C)nc3ccccn23)n(-c2nc3ccccc3s2)n1. The quantitative estimate of drug-likeness (QED) is 0.507. The largest absolute Gasteiger partial charge is 0.305 e. The van der Waals surface area contributed by atoms with Crippen LogP contribution in [-0.4, -0.2) is 30.1 Å². The highest BCUT2D eigenvalue weighted by Crippen LogP contribution is 2.27. The van der Waals surface area contributed by atoms with Gasteiger partial charge in [0.25, 0.3) is 5.91 Å². The van der Waals surface area contributed by atoms with E-state index in [0.29, 0.717) is 22.3 Å². The summed E-state index contributed by atoms with van der Waals surface area (Å²) in [6.07, 6.45) is 1.83. The Kier molecular flexibility index (Phi) is 3.73. The Bertz CT molecular complexity index is 1310. The topological polar surface area (TPSA) is 77.1 Å². The molecule has 7 nitrogen and oxygen atoms in total. The Hall–Kier alpha value is -3.52. The van der Waals surface area contributed by atoms with Gasteiger partial charge in [0, 0.05) is 12.3 Å². The lowest BCUT2D eigenvalue weighted by Crippen LogP contribution is -2.18. The van der Waals surface area contributed by atoms with E-state index in [0.717, 1.165) is 21.6 Å². The molecule has 5 aromatic rings. The van der Waals surface area contributed by atoms with E-state index in [-0.39, 0.29) is 5.91 Å². The highest BCUT2D eigenvalue weighted by atomic mass is 32.1. The maximum absolute atomic E-state index is 13.0. The van der Waals surface area contributed by atoms with Crippen molar-refractivity contribution in [3.8, 4) is 5.13 Å². The zero-order valence-corrected chi connectivity index (χ0v) is 16.1. The molecule has 0 radical (unpaired) electrons. The van der Waals surface area contributed by atoms with Crippen LogP contribution in [0.2, 0.25) is 0 Å². The fraction of sp³-hybridized carbons (Fsp3) is 0.100. The molecule has 1 N–H and O–H groups in total. The number of nitrogens with one attached hydrogen (secondary N) is 1. The molecule has 0 atom stereocenters. The molecule has 0 unspecified atom stereocenters. The Labute approximate surface area is 164 Å². The van der Waals surface area contributed by atoms with E-state index in [4.69, 9.17) is 0 Å². The Morgan fingerprint density at radius 3 is 2.75 bits per heavy atom. The first-order valence-corrected chi connectivity index (χ1v) is 9.59. The summed E-state index contributed by atoms with van der Waals surface area (Å²) in [5.41, 5.74) is 3.62. The number of aryl methyl sites for hydroxylation is 2. The second-order valence-electron chi connectivity index (χ2n) is 6.48. The highest BCUT2D eigenvalue weighted by molar-refractivity contribution is 7.20. The number of anilines is 1. The summed E-state index contributed by atoms with van der Waals surface area (Å²) in [5.74, 6) is 0.338. The van der Waals surface area contributed by atoms with Gasteiger partial charge in [-0.1, -0.05) is 29.5 Å². The number of amides is 1. The van der Waals surface area contributed by atoms with Gasteiger partial charge in [0.2, 0.25) is 5.13 Å². The minimum Gasteiger partial charge on any atom is -0.305 e. The number of aromatic nitrogens is 5. The van der Waals surface area contributed by atoms with E-state index in [2.05, 4.69) is 20.4 Å². The van der Waals surface area contributed by atoms with Gasteiger partial charge in [-0.2, -0.15) is 9.78 Å². The molecule has 1 aromatic carbocycles. The highest BCUT2D eigenvalue weighted by Gasteiger charge is 2.20. The van der Waals surface area contributed by atoms with Crippen molar-refractivity contribution in [1.82, 2.24) is 24.1 Å². The Balaban J connectivity index is 1.55. The summed E-state index contributed by atoms with van der Waals surface area (Å²) in [7, 11) is 0. The molecule has 0 fully saturated rings. The van der Waals surface area contributed by atoms with Crippen molar-refractivity contribution in [3.05, 3.63) is 71.8 Å². The molecule has 4 aromatic heterocycles. The van der Waals surface area contributed by atoms with Crippen molar-refractivity contribution in [1.29, 1.82) is 0 Å². The van der Waals surface area contributed by atoms with Crippen LogP contribution < -0.4 is 5.32 Å². The van der Waals surface area contributed by atoms with E-state index in [1.165, 1.54) is 11.3 Å². The van der Waals surface area contributed by atoms with Gasteiger partial charge in [0.05, 0.1) is 21.6 Å². The molecule has 28 heavy (non-hydrogen) atoms. The van der Waals surface area contributed by atoms with Crippen molar-refractivity contribution in [2.45, 2.75) is 13.8 Å². The number of hydrogen-bond donors (Lipinski definition) is 1. The smallest absolute Gasteiger partial charge is 0.275 e. The second-order valence-corrected chi connectivity index (χ2v) is 7.48. The molecule has 5 rings (SSSR count). The van der Waals surface area contributed by atoms with Gasteiger partial charge in [0.1, 0.15) is 17.2 Å². The summed E-state index contributed by atoms with van der Waals surface area (Å²) in [4.78, 5) is 22.1. The molecule has 138 valence electrons. The predicted molar refractivity (Wildman–Crippen MR) is 109 cm³/mol. The minimum absolute atomic E-state index is 0.238. The van der Waals surface area contributed by atoms with Gasteiger partial charge in [-0.05, 0) is 38.1 Å². The lowest BCUT2D eigenvalue weighted by Gasteiger charge is -2.07. The number of carbonyl (C=O) groups is 1. The number of fused-ring (bicyclic) bond motifs is 2. The van der Waals surface area contributed by atoms with Gasteiger partial charge in [-0.25, -0.2) is 9.97 Å². The third-order valence-corrected chi connectivity index (χ3v) is 5.47. The molecule has 0 aliphatic heterocycles. The van der Waals surface area contributed by atoms with Crippen molar-refractivity contribution >= 4 is 38.9 Å². The second kappa shape index (κ2) is 6.28. The number of hydrogen-bond acceptors (Lipinski definition) is 5. The molecule has 4 heterocycles. The van der Waals surface area contributed by atoms with Crippen molar-refractivity contribution in [2.75, 3.05) is 5.32 Å². The van der Waals surface area contributed by atoms with E-state index in [1.807, 2.05) is 68.6 Å². The van der Waals surface area contributed by atoms with Crippen LogP contribution >= 0.6 is 11.3 Å². The first-order valence-electron chi connectivity index (χ1n) is 8.78. The maximum Gasteiger partial charge on any atom is 0.275 e. The van der Waals surface area contributed by atoms with Crippen molar-refractivity contribution in [3.63, 3.8) is 0 Å². The summed E-state index contributed by atoms with van der Waals surface area (Å²) in [6.45, 7) is 3.72. The minimum atomic E-state index is -0.238. The van der Waals surface area contributed by atoms with Gasteiger partial charge in [0.15, 0.2) is 0 Å². The average Bonchev–Trinajstić information content (AvgIpc) is 3.35. The van der Waals surface area contributed by atoms with Gasteiger partial charge >= 0.3 is 0 Å². The lowest BCUT2D eigenvalue weighted by atomic mass is 10.3. The fourth-order valence-corrected chi connectivity index (χ4v) is 4.18. The van der Waals surface area contributed by atoms with Crippen LogP contribution in [0.25, 0.3) is 21.0 Å². The molecule has 0 saturated carbocycles. The van der Waals surface area contributed by atoms with Crippen LogP contribution in [0, 0.1) is 13.8 Å². The van der Waals surface area contributed by atoms with E-state index in [9.17, 15) is 4.79 Å². The van der Waals surface area contributed by atoms with E-state index >= 15 is 0 Å². The first-order chi connectivity index (χ1) is 13.6. The van der Waals surface area contributed by atoms with Gasteiger partial charge in [-0.15, -0.1) is 0 Å². The number of pyridine rings is 1. The number of imidazole rings is 1. The molecule has 8 heteroatoms. The zero-order chi connectivity index (χ0) is 19.3. The fourth-order valence-electron chi connectivity index (χ4n) is 3.25. The molecule has 0 saturated heterocycles. The third-order valence-electron chi connectivity index (χ3n) is 4.46. The molecule has 1 amide bonds. The maximum atomic E-state index is 13.0. The first kappa shape index (κ1) is 16.6. The van der Waals surface area contributed by atoms with Crippen LogP contribution in [0.4, 0.5) is 5.82 Å². The Morgan fingerprint density at radius 2 is 1.89 bits per heavy atom. The zero-order valence-electron chi connectivity index (χ0n) is 15.2. The Morgan fingerprint density at radius 1 is 1.07 bits per heavy atom. The standard InChI is InChI=1S/C20H16N6OS/c1-12-11-17(26(24-12)20-22-14-7-3-4-8-15(14)28-20)23-19(27)18-13(2)21-16-9-5-6-10-25(16)18/h3-11H,1-2H3,(H,23,27). The summed E-state index contributed by atoms with van der Waals surface area (Å²) in [6, 6.07) is 15.4. The molecule has 0 aliphatic carbocycles. The van der Waals surface area contributed by atoms with Gasteiger partial charge in [-0.3, -0.25) is 9.20 Å². The van der Waals surface area contributed by atoms with E-state index < -0.39 is 0 Å².